The fourth-order valence-corrected chi connectivity index (χ4v) is 2.60. The average Bonchev–Trinajstić information content (AvgIpc) is 2.61. The van der Waals surface area contributed by atoms with Crippen LogP contribution in [0.2, 0.25) is 0 Å². The van der Waals surface area contributed by atoms with Crippen molar-refractivity contribution in [2.24, 2.45) is 0 Å². The first-order chi connectivity index (χ1) is 11.9. The van der Waals surface area contributed by atoms with Gasteiger partial charge in [-0.3, -0.25) is 9.69 Å². The van der Waals surface area contributed by atoms with Crippen molar-refractivity contribution >= 4 is 18.0 Å². The second-order valence-corrected chi connectivity index (χ2v) is 5.83. The van der Waals surface area contributed by atoms with E-state index in [0.29, 0.717) is 0 Å². The predicted octanol–water partition coefficient (Wildman–Crippen LogP) is 1.67. The molecule has 1 N–H and O–H groups in total. The van der Waals surface area contributed by atoms with Crippen molar-refractivity contribution in [1.82, 2.24) is 9.80 Å². The lowest BCUT2D eigenvalue weighted by Crippen LogP contribution is -2.57. The van der Waals surface area contributed by atoms with E-state index in [9.17, 15) is 18.8 Å². The SMILES string of the molecule is C[C@H]1C(=O)N(CCC(F)C(=O)O)CCN1C(=O)OCc1ccccc1. The number of rotatable bonds is 6. The minimum atomic E-state index is -2.00. The van der Waals surface area contributed by atoms with Crippen molar-refractivity contribution in [3.63, 3.8) is 0 Å². The quantitative estimate of drug-likeness (QED) is 0.841. The lowest BCUT2D eigenvalue weighted by molar-refractivity contribution is -0.145. The van der Waals surface area contributed by atoms with E-state index >= 15 is 0 Å². The van der Waals surface area contributed by atoms with Gasteiger partial charge >= 0.3 is 12.1 Å². The van der Waals surface area contributed by atoms with Gasteiger partial charge in [0.15, 0.2) is 6.17 Å². The largest absolute Gasteiger partial charge is 0.479 e. The molecule has 1 heterocycles. The summed E-state index contributed by atoms with van der Waals surface area (Å²) in [6.07, 6.45) is -2.86. The van der Waals surface area contributed by atoms with Crippen molar-refractivity contribution in [3.05, 3.63) is 35.9 Å². The zero-order chi connectivity index (χ0) is 18.4. The number of aliphatic carboxylic acids is 1. The van der Waals surface area contributed by atoms with Gasteiger partial charge in [-0.1, -0.05) is 30.3 Å². The number of piperazine rings is 1. The lowest BCUT2D eigenvalue weighted by Gasteiger charge is -2.38. The topological polar surface area (TPSA) is 87.2 Å². The van der Waals surface area contributed by atoms with E-state index in [2.05, 4.69) is 0 Å². The zero-order valence-electron chi connectivity index (χ0n) is 13.9. The number of carboxylic acid groups (broad SMARTS) is 1. The van der Waals surface area contributed by atoms with Crippen LogP contribution in [0.25, 0.3) is 0 Å². The van der Waals surface area contributed by atoms with Crippen LogP contribution >= 0.6 is 0 Å². The molecule has 0 spiro atoms. The summed E-state index contributed by atoms with van der Waals surface area (Å²) >= 11 is 0. The number of hydrogen-bond donors (Lipinski definition) is 1. The Morgan fingerprint density at radius 3 is 2.64 bits per heavy atom. The minimum absolute atomic E-state index is 0.00351. The van der Waals surface area contributed by atoms with Crippen molar-refractivity contribution in [2.75, 3.05) is 19.6 Å². The van der Waals surface area contributed by atoms with Gasteiger partial charge in [0, 0.05) is 26.1 Å². The number of ether oxygens (including phenoxy) is 1. The summed E-state index contributed by atoms with van der Waals surface area (Å²) in [6, 6.07) is 8.45. The molecule has 2 amide bonds. The molecule has 0 bridgehead atoms. The number of amides is 2. The van der Waals surface area contributed by atoms with E-state index in [1.807, 2.05) is 30.3 Å². The van der Waals surface area contributed by atoms with Crippen molar-refractivity contribution < 1.29 is 28.6 Å². The Hall–Kier alpha value is -2.64. The molecule has 7 nitrogen and oxygen atoms in total. The third-order valence-electron chi connectivity index (χ3n) is 4.11. The highest BCUT2D eigenvalue weighted by Crippen LogP contribution is 2.15. The monoisotopic (exact) mass is 352 g/mol. The summed E-state index contributed by atoms with van der Waals surface area (Å²) in [5.74, 6) is -1.89. The highest BCUT2D eigenvalue weighted by molar-refractivity contribution is 5.86. The van der Waals surface area contributed by atoms with Crippen LogP contribution in [0.4, 0.5) is 9.18 Å². The lowest BCUT2D eigenvalue weighted by atomic mass is 10.1. The van der Waals surface area contributed by atoms with Crippen LogP contribution < -0.4 is 0 Å². The molecule has 0 radical (unpaired) electrons. The maximum Gasteiger partial charge on any atom is 0.410 e. The van der Waals surface area contributed by atoms with Gasteiger partial charge in [-0.2, -0.15) is 0 Å². The summed E-state index contributed by atoms with van der Waals surface area (Å²) in [5, 5.41) is 8.55. The zero-order valence-corrected chi connectivity index (χ0v) is 13.9. The van der Waals surface area contributed by atoms with E-state index < -0.39 is 24.3 Å². The van der Waals surface area contributed by atoms with Crippen LogP contribution in [0.15, 0.2) is 30.3 Å². The minimum Gasteiger partial charge on any atom is -0.479 e. The van der Waals surface area contributed by atoms with Crippen LogP contribution in [-0.4, -0.2) is 64.7 Å². The molecular formula is C17H21FN2O5. The molecular weight excluding hydrogens is 331 g/mol. The number of alkyl halides is 1. The molecule has 1 aromatic carbocycles. The molecule has 1 aliphatic rings. The number of hydrogen-bond acceptors (Lipinski definition) is 4. The fraction of sp³-hybridized carbons (Fsp3) is 0.471. The Bertz CT molecular complexity index is 625. The second kappa shape index (κ2) is 8.46. The predicted molar refractivity (Wildman–Crippen MR) is 86.5 cm³/mol. The third-order valence-corrected chi connectivity index (χ3v) is 4.11. The smallest absolute Gasteiger partial charge is 0.410 e. The van der Waals surface area contributed by atoms with Crippen LogP contribution in [0.3, 0.4) is 0 Å². The first-order valence-electron chi connectivity index (χ1n) is 8.03. The molecule has 2 rings (SSSR count). The molecule has 1 aromatic rings. The van der Waals surface area contributed by atoms with Gasteiger partial charge in [0.2, 0.25) is 5.91 Å². The number of benzene rings is 1. The van der Waals surface area contributed by atoms with Gasteiger partial charge in [0.05, 0.1) is 0 Å². The summed E-state index contributed by atoms with van der Waals surface area (Å²) in [5.41, 5.74) is 0.844. The van der Waals surface area contributed by atoms with Gasteiger partial charge in [0.25, 0.3) is 0 Å². The number of halogens is 1. The Labute approximate surface area is 145 Å². The standard InChI is InChI=1S/C17H21FN2O5/c1-12-15(21)19(8-7-14(18)16(22)23)9-10-20(12)17(24)25-11-13-5-3-2-4-6-13/h2-6,12,14H,7-11H2,1H3,(H,22,23)/t12-,14?/m0/s1. The molecule has 2 atom stereocenters. The van der Waals surface area contributed by atoms with E-state index in [-0.39, 0.29) is 38.6 Å². The Morgan fingerprint density at radius 1 is 1.32 bits per heavy atom. The molecule has 8 heteroatoms. The van der Waals surface area contributed by atoms with Crippen molar-refractivity contribution in [2.45, 2.75) is 32.2 Å². The van der Waals surface area contributed by atoms with Crippen LogP contribution in [-0.2, 0) is 20.9 Å². The molecule has 1 unspecified atom stereocenters. The van der Waals surface area contributed by atoms with E-state index in [0.717, 1.165) is 5.56 Å². The van der Waals surface area contributed by atoms with Gasteiger partial charge in [-0.25, -0.2) is 14.0 Å². The molecule has 0 saturated carbocycles. The fourth-order valence-electron chi connectivity index (χ4n) is 2.60. The first-order valence-corrected chi connectivity index (χ1v) is 8.03. The highest BCUT2D eigenvalue weighted by atomic mass is 19.1. The van der Waals surface area contributed by atoms with Gasteiger partial charge in [0.1, 0.15) is 12.6 Å². The van der Waals surface area contributed by atoms with Gasteiger partial charge in [-0.15, -0.1) is 0 Å². The van der Waals surface area contributed by atoms with E-state index in [1.165, 1.54) is 9.80 Å². The molecule has 0 aliphatic carbocycles. The Balaban J connectivity index is 1.85. The maximum atomic E-state index is 13.1. The van der Waals surface area contributed by atoms with Crippen molar-refractivity contribution in [3.8, 4) is 0 Å². The van der Waals surface area contributed by atoms with Crippen LogP contribution in [0.5, 0.6) is 0 Å². The molecule has 0 aromatic heterocycles. The van der Waals surface area contributed by atoms with Crippen LogP contribution in [0, 0.1) is 0 Å². The third kappa shape index (κ3) is 4.91. The molecule has 136 valence electrons. The number of carbonyl (C=O) groups excluding carboxylic acids is 2. The van der Waals surface area contributed by atoms with Crippen LogP contribution in [0.1, 0.15) is 18.9 Å². The maximum absolute atomic E-state index is 13.1. The number of carboxylic acids is 1. The van der Waals surface area contributed by atoms with Crippen molar-refractivity contribution in [1.29, 1.82) is 0 Å². The van der Waals surface area contributed by atoms with E-state index in [4.69, 9.17) is 9.84 Å². The average molecular weight is 352 g/mol. The summed E-state index contributed by atoms with van der Waals surface area (Å²) < 4.78 is 18.4. The number of carbonyl (C=O) groups is 3. The van der Waals surface area contributed by atoms with E-state index in [1.54, 1.807) is 6.92 Å². The summed E-state index contributed by atoms with van der Waals surface area (Å²) in [7, 11) is 0. The van der Waals surface area contributed by atoms with Gasteiger partial charge < -0.3 is 14.7 Å². The Kier molecular flexibility index (Phi) is 6.32. The second-order valence-electron chi connectivity index (χ2n) is 5.83. The summed E-state index contributed by atoms with van der Waals surface area (Å²) in [4.78, 5) is 37.7. The molecule has 1 fully saturated rings. The summed E-state index contributed by atoms with van der Waals surface area (Å²) in [6.45, 7) is 2.16. The number of nitrogens with zero attached hydrogens (tertiary/aromatic N) is 2. The molecule has 25 heavy (non-hydrogen) atoms. The highest BCUT2D eigenvalue weighted by Gasteiger charge is 2.35. The Morgan fingerprint density at radius 2 is 2.00 bits per heavy atom. The first kappa shape index (κ1) is 18.7. The normalized spacial score (nSPS) is 18.8. The molecule has 1 aliphatic heterocycles. The molecule has 1 saturated heterocycles. The van der Waals surface area contributed by atoms with Gasteiger partial charge in [-0.05, 0) is 12.5 Å².